The first-order valence-electron chi connectivity index (χ1n) is 7.64. The number of nitrogens with one attached hydrogen (secondary N) is 1. The van der Waals surface area contributed by atoms with Gasteiger partial charge in [-0.1, -0.05) is 38.8 Å². The van der Waals surface area contributed by atoms with E-state index in [2.05, 4.69) is 37.4 Å². The number of ether oxygens (including phenoxy) is 1. The zero-order valence-electron chi connectivity index (χ0n) is 12.5. The van der Waals surface area contributed by atoms with E-state index < -0.39 is 0 Å². The molecule has 106 valence electrons. The second kappa shape index (κ2) is 6.95. The average molecular weight is 261 g/mol. The normalized spacial score (nSPS) is 22.3. The van der Waals surface area contributed by atoms with E-state index in [4.69, 9.17) is 4.74 Å². The number of methoxy groups -OCH3 is 1. The molecule has 1 aromatic rings. The third-order valence-electron chi connectivity index (χ3n) is 4.55. The summed E-state index contributed by atoms with van der Waals surface area (Å²) in [4.78, 5) is 0. The van der Waals surface area contributed by atoms with Gasteiger partial charge in [0.25, 0.3) is 0 Å². The Bertz CT molecular complexity index is 381. The molecule has 2 heteroatoms. The van der Waals surface area contributed by atoms with Gasteiger partial charge in [-0.25, -0.2) is 0 Å². The minimum absolute atomic E-state index is 0.717. The van der Waals surface area contributed by atoms with Crippen LogP contribution in [0.4, 0.5) is 0 Å². The molecule has 19 heavy (non-hydrogen) atoms. The van der Waals surface area contributed by atoms with E-state index in [0.29, 0.717) is 5.92 Å². The summed E-state index contributed by atoms with van der Waals surface area (Å²) in [5, 5.41) is 3.72. The predicted octanol–water partition coefficient (Wildman–Crippen LogP) is 3.97. The van der Waals surface area contributed by atoms with Crippen LogP contribution < -0.4 is 10.1 Å². The van der Waals surface area contributed by atoms with E-state index in [1.54, 1.807) is 7.11 Å². The minimum atomic E-state index is 0.717. The summed E-state index contributed by atoms with van der Waals surface area (Å²) >= 11 is 0. The molecule has 0 aliphatic heterocycles. The van der Waals surface area contributed by atoms with Crippen LogP contribution >= 0.6 is 0 Å². The van der Waals surface area contributed by atoms with Gasteiger partial charge >= 0.3 is 0 Å². The van der Waals surface area contributed by atoms with Crippen molar-refractivity contribution in [1.29, 1.82) is 0 Å². The van der Waals surface area contributed by atoms with E-state index in [0.717, 1.165) is 17.7 Å². The summed E-state index contributed by atoms with van der Waals surface area (Å²) in [6.07, 6.45) is 5.12. The van der Waals surface area contributed by atoms with E-state index in [9.17, 15) is 0 Å². The molecule has 1 saturated carbocycles. The van der Waals surface area contributed by atoms with Gasteiger partial charge in [0.15, 0.2) is 0 Å². The van der Waals surface area contributed by atoms with Crippen LogP contribution in [0.2, 0.25) is 0 Å². The van der Waals surface area contributed by atoms with Gasteiger partial charge in [0.05, 0.1) is 7.11 Å². The lowest BCUT2D eigenvalue weighted by molar-refractivity contribution is 0.271. The first-order chi connectivity index (χ1) is 9.26. The largest absolute Gasteiger partial charge is 0.497 e. The lowest BCUT2D eigenvalue weighted by Gasteiger charge is -2.37. The van der Waals surface area contributed by atoms with Crippen molar-refractivity contribution in [2.45, 2.75) is 51.5 Å². The Kier molecular flexibility index (Phi) is 5.26. The molecule has 1 aliphatic carbocycles. The molecule has 0 radical (unpaired) electrons. The van der Waals surface area contributed by atoms with Crippen LogP contribution in [-0.2, 0) is 0 Å². The van der Waals surface area contributed by atoms with Crippen LogP contribution in [-0.4, -0.2) is 19.7 Å². The molecular formula is C17H27NO. The molecule has 2 nitrogen and oxygen atoms in total. The van der Waals surface area contributed by atoms with E-state index in [1.807, 2.05) is 6.07 Å². The van der Waals surface area contributed by atoms with Gasteiger partial charge in [-0.3, -0.25) is 0 Å². The maximum absolute atomic E-state index is 5.29. The lowest BCUT2D eigenvalue weighted by atomic mass is 9.75. The van der Waals surface area contributed by atoms with Crippen molar-refractivity contribution in [1.82, 2.24) is 5.32 Å². The van der Waals surface area contributed by atoms with E-state index >= 15 is 0 Å². The second-order valence-corrected chi connectivity index (χ2v) is 5.73. The molecule has 0 amide bonds. The topological polar surface area (TPSA) is 21.3 Å². The first kappa shape index (κ1) is 14.4. The van der Waals surface area contributed by atoms with Crippen molar-refractivity contribution in [2.75, 3.05) is 13.7 Å². The Hall–Kier alpha value is -1.02. The summed E-state index contributed by atoms with van der Waals surface area (Å²) in [5.74, 6) is 2.54. The minimum Gasteiger partial charge on any atom is -0.497 e. The molecular weight excluding hydrogens is 234 g/mol. The van der Waals surface area contributed by atoms with Crippen molar-refractivity contribution in [2.24, 2.45) is 5.92 Å². The summed E-state index contributed by atoms with van der Waals surface area (Å²) in [5.41, 5.74) is 1.43. The van der Waals surface area contributed by atoms with Crippen molar-refractivity contribution in [3.05, 3.63) is 29.8 Å². The Morgan fingerprint density at radius 1 is 1.26 bits per heavy atom. The Balaban J connectivity index is 1.76. The molecule has 0 saturated heterocycles. The molecule has 1 aliphatic rings. The van der Waals surface area contributed by atoms with Gasteiger partial charge in [-0.2, -0.15) is 0 Å². The monoisotopic (exact) mass is 261 g/mol. The fourth-order valence-corrected chi connectivity index (χ4v) is 2.86. The van der Waals surface area contributed by atoms with Crippen LogP contribution in [0, 0.1) is 5.92 Å². The highest BCUT2D eigenvalue weighted by Crippen LogP contribution is 2.38. The fourth-order valence-electron chi connectivity index (χ4n) is 2.86. The molecule has 1 fully saturated rings. The average Bonchev–Trinajstić information content (AvgIpc) is 2.41. The predicted molar refractivity (Wildman–Crippen MR) is 80.8 cm³/mol. The first-order valence-corrected chi connectivity index (χ1v) is 7.64. The van der Waals surface area contributed by atoms with Crippen LogP contribution in [0.25, 0.3) is 0 Å². The van der Waals surface area contributed by atoms with Crippen molar-refractivity contribution in [3.8, 4) is 5.75 Å². The SMILES string of the molecule is CCC(CC)CNC1CC(c2cccc(OC)c2)C1. The van der Waals surface area contributed by atoms with Crippen LogP contribution in [0.1, 0.15) is 51.0 Å². The molecule has 0 spiro atoms. The third kappa shape index (κ3) is 3.73. The molecule has 0 unspecified atom stereocenters. The van der Waals surface area contributed by atoms with Gasteiger partial charge in [-0.15, -0.1) is 0 Å². The number of rotatable bonds is 7. The molecule has 0 bridgehead atoms. The quantitative estimate of drug-likeness (QED) is 0.802. The molecule has 0 heterocycles. The second-order valence-electron chi connectivity index (χ2n) is 5.73. The van der Waals surface area contributed by atoms with Crippen molar-refractivity contribution in [3.63, 3.8) is 0 Å². The number of hydrogen-bond donors (Lipinski definition) is 1. The Labute approximate surface area is 117 Å². The molecule has 0 atom stereocenters. The molecule has 1 N–H and O–H groups in total. The van der Waals surface area contributed by atoms with E-state index in [1.165, 1.54) is 37.8 Å². The van der Waals surface area contributed by atoms with Crippen LogP contribution in [0.3, 0.4) is 0 Å². The van der Waals surface area contributed by atoms with Crippen LogP contribution in [0.5, 0.6) is 5.75 Å². The maximum atomic E-state index is 5.29. The fraction of sp³-hybridized carbons (Fsp3) is 0.647. The number of benzene rings is 1. The molecule has 1 aromatic carbocycles. The zero-order chi connectivity index (χ0) is 13.7. The molecule has 2 rings (SSSR count). The summed E-state index contributed by atoms with van der Waals surface area (Å²) < 4.78 is 5.29. The van der Waals surface area contributed by atoms with Gasteiger partial charge in [0.1, 0.15) is 5.75 Å². The standard InChI is InChI=1S/C17H27NO/c1-4-13(5-2)12-18-16-9-15(10-16)14-7-6-8-17(11-14)19-3/h6-8,11,13,15-16,18H,4-5,9-10,12H2,1-3H3. The maximum Gasteiger partial charge on any atom is 0.119 e. The highest BCUT2D eigenvalue weighted by molar-refractivity contribution is 5.32. The summed E-state index contributed by atoms with van der Waals surface area (Å²) in [7, 11) is 1.74. The zero-order valence-corrected chi connectivity index (χ0v) is 12.5. The number of hydrogen-bond acceptors (Lipinski definition) is 2. The lowest BCUT2D eigenvalue weighted by Crippen LogP contribution is -2.42. The van der Waals surface area contributed by atoms with Gasteiger partial charge in [0.2, 0.25) is 0 Å². The van der Waals surface area contributed by atoms with Crippen LogP contribution in [0.15, 0.2) is 24.3 Å². The summed E-state index contributed by atoms with van der Waals surface area (Å²) in [6, 6.07) is 9.24. The highest BCUT2D eigenvalue weighted by Gasteiger charge is 2.30. The smallest absolute Gasteiger partial charge is 0.119 e. The summed E-state index contributed by atoms with van der Waals surface area (Å²) in [6.45, 7) is 5.76. The molecule has 0 aromatic heterocycles. The van der Waals surface area contributed by atoms with E-state index in [-0.39, 0.29) is 0 Å². The van der Waals surface area contributed by atoms with Gasteiger partial charge < -0.3 is 10.1 Å². The van der Waals surface area contributed by atoms with Gasteiger partial charge in [0, 0.05) is 6.04 Å². The highest BCUT2D eigenvalue weighted by atomic mass is 16.5. The van der Waals surface area contributed by atoms with Crippen molar-refractivity contribution >= 4 is 0 Å². The van der Waals surface area contributed by atoms with Gasteiger partial charge in [-0.05, 0) is 48.9 Å². The Morgan fingerprint density at radius 3 is 2.63 bits per heavy atom. The van der Waals surface area contributed by atoms with Crippen molar-refractivity contribution < 1.29 is 4.74 Å². The Morgan fingerprint density at radius 2 is 2.00 bits per heavy atom. The third-order valence-corrected chi connectivity index (χ3v) is 4.55.